The smallest absolute Gasteiger partial charge is 0.0614 e. The Labute approximate surface area is 136 Å². The fourth-order valence-electron chi connectivity index (χ4n) is 5.33. The highest BCUT2D eigenvalue weighted by Gasteiger charge is 2.55. The molecule has 2 nitrogen and oxygen atoms in total. The van der Waals surface area contributed by atoms with Crippen molar-refractivity contribution >= 4 is 0 Å². The third-order valence-corrected chi connectivity index (χ3v) is 6.82. The van der Waals surface area contributed by atoms with Gasteiger partial charge in [0, 0.05) is 0 Å². The Kier molecular flexibility index (Phi) is 5.23. The number of hydrogen-bond acceptors (Lipinski definition) is 2. The van der Waals surface area contributed by atoms with E-state index in [0.29, 0.717) is 11.8 Å². The predicted molar refractivity (Wildman–Crippen MR) is 92.6 cm³/mol. The second kappa shape index (κ2) is 6.49. The summed E-state index contributed by atoms with van der Waals surface area (Å²) in [6.07, 6.45) is 8.19. The summed E-state index contributed by atoms with van der Waals surface area (Å²) >= 11 is 0. The van der Waals surface area contributed by atoms with Crippen LogP contribution in [-0.4, -0.2) is 22.9 Å². The minimum atomic E-state index is -0.173. The van der Waals surface area contributed by atoms with E-state index in [1.54, 1.807) is 0 Å². The zero-order valence-electron chi connectivity index (χ0n) is 14.9. The summed E-state index contributed by atoms with van der Waals surface area (Å²) in [7, 11) is 0. The molecule has 0 radical (unpaired) electrons. The molecule has 0 aliphatic heterocycles. The molecule has 2 fully saturated rings. The fraction of sp³-hybridized carbons (Fsp3) is 0.800. The number of hydrogen-bond donors (Lipinski definition) is 2. The first-order chi connectivity index (χ1) is 10.2. The lowest BCUT2D eigenvalue weighted by atomic mass is 9.46. The van der Waals surface area contributed by atoms with Gasteiger partial charge in [-0.3, -0.25) is 0 Å². The van der Waals surface area contributed by atoms with E-state index in [0.717, 1.165) is 32.1 Å². The zero-order chi connectivity index (χ0) is 16.5. The van der Waals surface area contributed by atoms with Gasteiger partial charge in [0.1, 0.15) is 0 Å². The molecule has 0 unspecified atom stereocenters. The molecule has 4 atom stereocenters. The van der Waals surface area contributed by atoms with Gasteiger partial charge in [0.15, 0.2) is 0 Å². The molecule has 22 heavy (non-hydrogen) atoms. The van der Waals surface area contributed by atoms with E-state index < -0.39 is 0 Å². The van der Waals surface area contributed by atoms with E-state index in [1.807, 2.05) is 6.08 Å². The lowest BCUT2D eigenvalue weighted by Crippen LogP contribution is -2.54. The molecule has 0 aromatic heterocycles. The van der Waals surface area contributed by atoms with Crippen LogP contribution in [0.1, 0.15) is 66.2 Å². The molecule has 0 heterocycles. The second-order valence-electron chi connectivity index (χ2n) is 8.46. The topological polar surface area (TPSA) is 40.5 Å². The molecule has 2 saturated carbocycles. The van der Waals surface area contributed by atoms with Gasteiger partial charge >= 0.3 is 0 Å². The molecule has 0 aromatic carbocycles. The molecule has 0 aromatic rings. The zero-order valence-corrected chi connectivity index (χ0v) is 14.9. The van der Waals surface area contributed by atoms with E-state index in [9.17, 15) is 5.11 Å². The Morgan fingerprint density at radius 3 is 2.64 bits per heavy atom. The first-order valence-electron chi connectivity index (χ1n) is 8.85. The van der Waals surface area contributed by atoms with Gasteiger partial charge in [0.05, 0.1) is 12.7 Å². The third-order valence-electron chi connectivity index (χ3n) is 6.82. The Hall–Kier alpha value is -0.600. The van der Waals surface area contributed by atoms with E-state index >= 15 is 0 Å². The highest BCUT2D eigenvalue weighted by atomic mass is 16.3. The lowest BCUT2D eigenvalue weighted by Gasteiger charge is -2.59. The summed E-state index contributed by atoms with van der Waals surface area (Å²) in [6, 6.07) is 0. The second-order valence-corrected chi connectivity index (χ2v) is 8.46. The molecule has 0 saturated heterocycles. The fourth-order valence-corrected chi connectivity index (χ4v) is 5.33. The number of fused-ring (bicyclic) bond motifs is 1. The molecular weight excluding hydrogens is 272 g/mol. The molecule has 0 amide bonds. The van der Waals surface area contributed by atoms with Crippen LogP contribution in [0.5, 0.6) is 0 Å². The van der Waals surface area contributed by atoms with E-state index in [2.05, 4.69) is 34.3 Å². The van der Waals surface area contributed by atoms with Crippen LogP contribution in [0.4, 0.5) is 0 Å². The van der Waals surface area contributed by atoms with Crippen molar-refractivity contribution in [3.63, 3.8) is 0 Å². The van der Waals surface area contributed by atoms with Crippen LogP contribution in [0.25, 0.3) is 0 Å². The van der Waals surface area contributed by atoms with Crippen LogP contribution in [0.3, 0.4) is 0 Å². The van der Waals surface area contributed by atoms with Gasteiger partial charge in [-0.2, -0.15) is 0 Å². The standard InChI is InChI=1S/C20H34O2/c1-14(11-13-21)6-8-16-15(2)7-9-17-19(3,4)18(22)10-12-20(16,17)5/h11,16-18,21-22H,2,6-10,12-13H2,1,3-5H3/b14-11+/t16-,17+,18+,20+/m1/s1. The van der Waals surface area contributed by atoms with Crippen LogP contribution < -0.4 is 0 Å². The summed E-state index contributed by atoms with van der Waals surface area (Å²) in [5, 5.41) is 19.5. The number of rotatable bonds is 4. The minimum Gasteiger partial charge on any atom is -0.393 e. The average molecular weight is 306 g/mol. The molecule has 0 bridgehead atoms. The summed E-state index contributed by atoms with van der Waals surface area (Å²) in [4.78, 5) is 0. The molecule has 126 valence electrons. The maximum Gasteiger partial charge on any atom is 0.0614 e. The first kappa shape index (κ1) is 17.7. The van der Waals surface area contributed by atoms with Crippen molar-refractivity contribution in [2.75, 3.05) is 6.61 Å². The number of aliphatic hydroxyl groups is 2. The van der Waals surface area contributed by atoms with Gasteiger partial charge in [-0.15, -0.1) is 0 Å². The van der Waals surface area contributed by atoms with Crippen LogP contribution in [0.15, 0.2) is 23.8 Å². The van der Waals surface area contributed by atoms with E-state index in [4.69, 9.17) is 5.11 Å². The first-order valence-corrected chi connectivity index (χ1v) is 8.85. The highest BCUT2D eigenvalue weighted by Crippen LogP contribution is 2.61. The van der Waals surface area contributed by atoms with Crippen molar-refractivity contribution in [2.24, 2.45) is 22.7 Å². The monoisotopic (exact) mass is 306 g/mol. The Balaban J connectivity index is 2.21. The van der Waals surface area contributed by atoms with E-state index in [1.165, 1.54) is 17.6 Å². The van der Waals surface area contributed by atoms with Gasteiger partial charge in [0.2, 0.25) is 0 Å². The summed E-state index contributed by atoms with van der Waals surface area (Å²) < 4.78 is 0. The molecule has 2 aliphatic carbocycles. The quantitative estimate of drug-likeness (QED) is 0.752. The van der Waals surface area contributed by atoms with Crippen molar-refractivity contribution < 1.29 is 10.2 Å². The predicted octanol–water partition coefficient (Wildman–Crippen LogP) is 4.47. The molecule has 2 aliphatic rings. The van der Waals surface area contributed by atoms with E-state index in [-0.39, 0.29) is 23.5 Å². The third kappa shape index (κ3) is 3.05. The molecule has 0 spiro atoms. The van der Waals surface area contributed by atoms with Crippen molar-refractivity contribution in [3.05, 3.63) is 23.8 Å². The van der Waals surface area contributed by atoms with Gasteiger partial charge < -0.3 is 10.2 Å². The van der Waals surface area contributed by atoms with Crippen molar-refractivity contribution in [1.82, 2.24) is 0 Å². The normalized spacial score (nSPS) is 38.7. The number of allylic oxidation sites excluding steroid dienone is 2. The van der Waals surface area contributed by atoms with Gasteiger partial charge in [-0.25, -0.2) is 0 Å². The molecular formula is C20H34O2. The van der Waals surface area contributed by atoms with Crippen LogP contribution >= 0.6 is 0 Å². The Morgan fingerprint density at radius 1 is 1.32 bits per heavy atom. The van der Waals surface area contributed by atoms with Crippen LogP contribution in [-0.2, 0) is 0 Å². The number of aliphatic hydroxyl groups excluding tert-OH is 2. The summed E-state index contributed by atoms with van der Waals surface area (Å²) in [5.41, 5.74) is 2.94. The maximum absolute atomic E-state index is 10.5. The summed E-state index contributed by atoms with van der Waals surface area (Å²) in [5.74, 6) is 1.11. The van der Waals surface area contributed by atoms with Crippen LogP contribution in [0, 0.1) is 22.7 Å². The largest absolute Gasteiger partial charge is 0.393 e. The van der Waals surface area contributed by atoms with Gasteiger partial charge in [0.25, 0.3) is 0 Å². The van der Waals surface area contributed by atoms with Crippen molar-refractivity contribution in [1.29, 1.82) is 0 Å². The highest BCUT2D eigenvalue weighted by molar-refractivity contribution is 5.17. The van der Waals surface area contributed by atoms with Crippen molar-refractivity contribution in [2.45, 2.75) is 72.3 Å². The average Bonchev–Trinajstić information content (AvgIpc) is 2.43. The summed E-state index contributed by atoms with van der Waals surface area (Å²) in [6.45, 7) is 13.6. The van der Waals surface area contributed by atoms with Gasteiger partial charge in [-0.1, -0.05) is 44.6 Å². The minimum absolute atomic E-state index is 0.00192. The molecule has 2 N–H and O–H groups in total. The maximum atomic E-state index is 10.5. The lowest BCUT2D eigenvalue weighted by molar-refractivity contribution is -0.124. The van der Waals surface area contributed by atoms with Gasteiger partial charge in [-0.05, 0) is 68.1 Å². The van der Waals surface area contributed by atoms with Crippen LogP contribution in [0.2, 0.25) is 0 Å². The Bertz CT molecular complexity index is 449. The molecule has 2 rings (SSSR count). The SMILES string of the molecule is C=C1CC[C@H]2C(C)(C)[C@@H](O)CC[C@@]2(C)[C@@H]1CC/C(C)=C/CO. The Morgan fingerprint density at radius 2 is 2.00 bits per heavy atom. The van der Waals surface area contributed by atoms with Crippen molar-refractivity contribution in [3.8, 4) is 0 Å². The molecule has 2 heteroatoms.